The molecule has 1 unspecified atom stereocenters. The van der Waals surface area contributed by atoms with E-state index in [0.717, 1.165) is 35.8 Å². The van der Waals surface area contributed by atoms with Gasteiger partial charge in [0.25, 0.3) is 11.8 Å². The molecule has 0 bridgehead atoms. The molecule has 0 radical (unpaired) electrons. The van der Waals surface area contributed by atoms with Crippen molar-refractivity contribution in [2.45, 2.75) is 44.6 Å². The van der Waals surface area contributed by atoms with Gasteiger partial charge in [-0.3, -0.25) is 19.4 Å². The summed E-state index contributed by atoms with van der Waals surface area (Å²) in [6, 6.07) is 17.2. The van der Waals surface area contributed by atoms with E-state index in [9.17, 15) is 19.2 Å². The molecule has 1 saturated heterocycles. The molecule has 1 aromatic heterocycles. The van der Waals surface area contributed by atoms with Gasteiger partial charge in [-0.25, -0.2) is 4.79 Å². The van der Waals surface area contributed by atoms with E-state index in [1.165, 1.54) is 25.6 Å². The Kier molecular flexibility index (Phi) is 10.0. The standard InChI is InChI=1S/C36H36N4O7S/c1-45-29-19-27-28(37-21-26-7-4-3-5-15-40(26)35(27)43)20-30(29)47-16-6-8-33(41)38-24-11-9-22(10-12-24)34(42)39-25-13-14-31-23(17-25)18-32(48-31)36(44)46-2/h9-14,17-21,26H,3-8,15-16H2,1-2H3,(H,38,41)(H,39,42). The molecule has 12 heteroatoms. The van der Waals surface area contributed by atoms with Crippen molar-refractivity contribution in [2.24, 2.45) is 4.99 Å². The van der Waals surface area contributed by atoms with Gasteiger partial charge in [-0.1, -0.05) is 12.8 Å². The van der Waals surface area contributed by atoms with Gasteiger partial charge in [-0.05, 0) is 79.2 Å². The van der Waals surface area contributed by atoms with Crippen molar-refractivity contribution in [1.82, 2.24) is 4.90 Å². The Morgan fingerprint density at radius 2 is 1.75 bits per heavy atom. The summed E-state index contributed by atoms with van der Waals surface area (Å²) in [4.78, 5) is 57.7. The van der Waals surface area contributed by atoms with Crippen LogP contribution < -0.4 is 20.1 Å². The van der Waals surface area contributed by atoms with E-state index in [-0.39, 0.29) is 36.8 Å². The van der Waals surface area contributed by atoms with Crippen molar-refractivity contribution < 1.29 is 33.4 Å². The third-order valence-electron chi connectivity index (χ3n) is 8.36. The monoisotopic (exact) mass is 668 g/mol. The van der Waals surface area contributed by atoms with E-state index >= 15 is 0 Å². The first kappa shape index (κ1) is 32.7. The number of carbonyl (C=O) groups excluding carboxylic acids is 4. The first-order valence-corrected chi connectivity index (χ1v) is 16.7. The number of ether oxygens (including phenoxy) is 3. The van der Waals surface area contributed by atoms with Crippen LogP contribution in [-0.4, -0.2) is 68.2 Å². The number of amides is 3. The molecule has 0 saturated carbocycles. The van der Waals surface area contributed by atoms with Gasteiger partial charge in [0.1, 0.15) is 4.88 Å². The summed E-state index contributed by atoms with van der Waals surface area (Å²) in [5.74, 6) is -0.0282. The maximum Gasteiger partial charge on any atom is 0.348 e. The van der Waals surface area contributed by atoms with E-state index in [4.69, 9.17) is 14.2 Å². The Morgan fingerprint density at radius 3 is 2.54 bits per heavy atom. The topological polar surface area (TPSA) is 136 Å². The van der Waals surface area contributed by atoms with Crippen LogP contribution in [0.3, 0.4) is 0 Å². The number of rotatable bonds is 10. The summed E-state index contributed by atoms with van der Waals surface area (Å²) in [6.45, 7) is 0.974. The van der Waals surface area contributed by atoms with Crippen molar-refractivity contribution in [3.63, 3.8) is 0 Å². The number of benzene rings is 3. The summed E-state index contributed by atoms with van der Waals surface area (Å²) in [5, 5.41) is 6.55. The maximum atomic E-state index is 13.4. The second-order valence-electron chi connectivity index (χ2n) is 11.6. The highest BCUT2D eigenvalue weighted by molar-refractivity contribution is 7.20. The van der Waals surface area contributed by atoms with Crippen LogP contribution in [0.5, 0.6) is 11.5 Å². The molecule has 11 nitrogen and oxygen atoms in total. The predicted molar refractivity (Wildman–Crippen MR) is 185 cm³/mol. The number of aliphatic imine (C=N–C) groups is 1. The lowest BCUT2D eigenvalue weighted by atomic mass is 10.1. The second kappa shape index (κ2) is 14.7. The van der Waals surface area contributed by atoms with Crippen molar-refractivity contribution in [1.29, 1.82) is 0 Å². The fourth-order valence-electron chi connectivity index (χ4n) is 5.83. The minimum atomic E-state index is -0.399. The average molecular weight is 669 g/mol. The molecule has 1 atom stereocenters. The molecule has 6 rings (SSSR count). The molecule has 248 valence electrons. The minimum Gasteiger partial charge on any atom is -0.493 e. The molecule has 4 aromatic rings. The second-order valence-corrected chi connectivity index (χ2v) is 12.7. The third-order valence-corrected chi connectivity index (χ3v) is 9.45. The zero-order valence-corrected chi connectivity index (χ0v) is 27.6. The van der Waals surface area contributed by atoms with Crippen LogP contribution in [0.1, 0.15) is 68.9 Å². The number of hydrogen-bond donors (Lipinski definition) is 2. The lowest BCUT2D eigenvalue weighted by Crippen LogP contribution is -2.40. The van der Waals surface area contributed by atoms with Crippen LogP contribution >= 0.6 is 11.3 Å². The van der Waals surface area contributed by atoms with Crippen molar-refractivity contribution in [3.8, 4) is 11.5 Å². The zero-order valence-electron chi connectivity index (χ0n) is 26.7. The van der Waals surface area contributed by atoms with Crippen molar-refractivity contribution in [2.75, 3.05) is 38.0 Å². The molecule has 3 heterocycles. The van der Waals surface area contributed by atoms with E-state index < -0.39 is 5.97 Å². The number of nitrogens with zero attached hydrogens (tertiary/aromatic N) is 2. The molecular formula is C36H36N4O7S. The van der Waals surface area contributed by atoms with Crippen LogP contribution in [0.25, 0.3) is 10.1 Å². The van der Waals surface area contributed by atoms with Gasteiger partial charge >= 0.3 is 5.97 Å². The third kappa shape index (κ3) is 7.33. The van der Waals surface area contributed by atoms with E-state index in [0.29, 0.717) is 57.5 Å². The molecule has 0 spiro atoms. The summed E-state index contributed by atoms with van der Waals surface area (Å²) in [7, 11) is 2.87. The molecule has 2 N–H and O–H groups in total. The molecule has 3 amide bonds. The van der Waals surface area contributed by atoms with Crippen LogP contribution in [0.4, 0.5) is 17.1 Å². The lowest BCUT2D eigenvalue weighted by molar-refractivity contribution is -0.116. The summed E-state index contributed by atoms with van der Waals surface area (Å²) in [5.41, 5.74) is 2.63. The number of anilines is 2. The molecule has 3 aromatic carbocycles. The van der Waals surface area contributed by atoms with Crippen LogP contribution in [0.15, 0.2) is 65.7 Å². The predicted octanol–water partition coefficient (Wildman–Crippen LogP) is 6.85. The maximum absolute atomic E-state index is 13.4. The van der Waals surface area contributed by atoms with Gasteiger partial charge in [-0.15, -0.1) is 11.3 Å². The normalized spacial score (nSPS) is 15.5. The summed E-state index contributed by atoms with van der Waals surface area (Å²) in [6.07, 6.45) is 6.59. The first-order valence-electron chi connectivity index (χ1n) is 15.9. The Morgan fingerprint density at radius 1 is 0.938 bits per heavy atom. The summed E-state index contributed by atoms with van der Waals surface area (Å²) >= 11 is 1.33. The van der Waals surface area contributed by atoms with Gasteiger partial charge in [0.15, 0.2) is 11.5 Å². The van der Waals surface area contributed by atoms with E-state index in [1.807, 2.05) is 17.2 Å². The Bertz CT molecular complexity index is 1890. The minimum absolute atomic E-state index is 0.00734. The van der Waals surface area contributed by atoms with Gasteiger partial charge in [-0.2, -0.15) is 0 Å². The fraction of sp³-hybridized carbons (Fsp3) is 0.306. The Labute approximate surface area is 281 Å². The number of esters is 1. The van der Waals surface area contributed by atoms with Crippen molar-refractivity contribution >= 4 is 68.4 Å². The number of thiophene rings is 1. The molecule has 2 aliphatic rings. The number of fused-ring (bicyclic) bond motifs is 3. The van der Waals surface area contributed by atoms with Crippen LogP contribution in [0, 0.1) is 0 Å². The summed E-state index contributed by atoms with van der Waals surface area (Å²) < 4.78 is 17.2. The van der Waals surface area contributed by atoms with Gasteiger partial charge < -0.3 is 29.7 Å². The highest BCUT2D eigenvalue weighted by Crippen LogP contribution is 2.38. The molecule has 48 heavy (non-hydrogen) atoms. The highest BCUT2D eigenvalue weighted by atomic mass is 32.1. The van der Waals surface area contributed by atoms with Gasteiger partial charge in [0.2, 0.25) is 5.91 Å². The number of methoxy groups -OCH3 is 2. The molecule has 2 aliphatic heterocycles. The van der Waals surface area contributed by atoms with Crippen LogP contribution in [0.2, 0.25) is 0 Å². The lowest BCUT2D eigenvalue weighted by Gasteiger charge is -2.26. The zero-order chi connectivity index (χ0) is 33.6. The smallest absolute Gasteiger partial charge is 0.348 e. The van der Waals surface area contributed by atoms with E-state index in [1.54, 1.807) is 54.6 Å². The largest absolute Gasteiger partial charge is 0.493 e. The molecular weight excluding hydrogens is 632 g/mol. The SMILES string of the molecule is COC(=O)c1cc2cc(NC(=O)c3ccc(NC(=O)CCCOc4cc5c(cc4OC)C(=O)N4CCCCCC4C=N5)cc3)ccc2s1. The number of carbonyl (C=O) groups is 4. The Balaban J connectivity index is 0.993. The van der Waals surface area contributed by atoms with Gasteiger partial charge in [0.05, 0.1) is 38.1 Å². The van der Waals surface area contributed by atoms with Crippen molar-refractivity contribution in [3.05, 3.63) is 76.7 Å². The molecule has 0 aliphatic carbocycles. The first-order chi connectivity index (χ1) is 23.3. The van der Waals surface area contributed by atoms with Gasteiger partial charge in [0, 0.05) is 46.9 Å². The highest BCUT2D eigenvalue weighted by Gasteiger charge is 2.30. The fourth-order valence-corrected chi connectivity index (χ4v) is 6.79. The quantitative estimate of drug-likeness (QED) is 0.139. The van der Waals surface area contributed by atoms with Crippen LogP contribution in [-0.2, 0) is 9.53 Å². The van der Waals surface area contributed by atoms with E-state index in [2.05, 4.69) is 15.6 Å². The average Bonchev–Trinajstić information content (AvgIpc) is 3.31. The Hall–Kier alpha value is -5.23. The number of hydrogen-bond acceptors (Lipinski definition) is 9. The number of nitrogens with one attached hydrogen (secondary N) is 2. The molecule has 1 fully saturated rings.